The van der Waals surface area contributed by atoms with Gasteiger partial charge in [0.05, 0.1) is 0 Å². The molecule has 0 saturated carbocycles. The van der Waals surface area contributed by atoms with Gasteiger partial charge in [-0.25, -0.2) is 0 Å². The Labute approximate surface area is 107 Å². The molecule has 0 aliphatic heterocycles. The second-order valence-electron chi connectivity index (χ2n) is 3.72. The molecule has 0 radical (unpaired) electrons. The Morgan fingerprint density at radius 3 is 2.72 bits per heavy atom. The molecule has 0 aromatic heterocycles. The second-order valence-corrected chi connectivity index (χ2v) is 3.72. The standard InChI is InChI=1S/C13H19N3O2/c1-15-8-2-9-16-13(17)11-3-5-12(6-4-11)18-10-7-14/h3-6H,1-2,7-10,14H2,(H,16,17). The van der Waals surface area contributed by atoms with Crippen molar-refractivity contribution in [2.24, 2.45) is 10.7 Å². The van der Waals surface area contributed by atoms with E-state index in [0.29, 0.717) is 37.6 Å². The number of nitrogens with zero attached hydrogens (tertiary/aromatic N) is 1. The van der Waals surface area contributed by atoms with Crippen LogP contribution in [0.4, 0.5) is 0 Å². The highest BCUT2D eigenvalue weighted by atomic mass is 16.5. The number of nitrogens with one attached hydrogen (secondary N) is 1. The van der Waals surface area contributed by atoms with Crippen LogP contribution in [0.5, 0.6) is 5.75 Å². The number of carbonyl (C=O) groups is 1. The van der Waals surface area contributed by atoms with Gasteiger partial charge in [-0.2, -0.15) is 0 Å². The zero-order valence-electron chi connectivity index (χ0n) is 10.4. The maximum absolute atomic E-state index is 11.7. The van der Waals surface area contributed by atoms with Crippen LogP contribution < -0.4 is 15.8 Å². The number of carbonyl (C=O) groups excluding carboxylic acids is 1. The first-order valence-corrected chi connectivity index (χ1v) is 5.91. The minimum atomic E-state index is -0.0931. The molecule has 0 saturated heterocycles. The van der Waals surface area contributed by atoms with E-state index >= 15 is 0 Å². The quantitative estimate of drug-likeness (QED) is 0.529. The average Bonchev–Trinajstić information content (AvgIpc) is 2.41. The molecule has 0 fully saturated rings. The fraction of sp³-hybridized carbons (Fsp3) is 0.385. The van der Waals surface area contributed by atoms with Crippen LogP contribution in [0.2, 0.25) is 0 Å². The molecule has 5 heteroatoms. The largest absolute Gasteiger partial charge is 0.492 e. The molecule has 0 aliphatic carbocycles. The Kier molecular flexibility index (Phi) is 6.50. The topological polar surface area (TPSA) is 76.7 Å². The maximum Gasteiger partial charge on any atom is 0.251 e. The van der Waals surface area contributed by atoms with Gasteiger partial charge in [-0.1, -0.05) is 0 Å². The normalized spacial score (nSPS) is 9.83. The SMILES string of the molecule is C=NCCCNC(=O)c1ccc(OCCN)cc1. The molecule has 1 amide bonds. The molecule has 0 atom stereocenters. The zero-order valence-corrected chi connectivity index (χ0v) is 10.4. The molecule has 3 N–H and O–H groups in total. The van der Waals surface area contributed by atoms with Gasteiger partial charge in [0.1, 0.15) is 12.4 Å². The lowest BCUT2D eigenvalue weighted by Gasteiger charge is -2.06. The van der Waals surface area contributed by atoms with Crippen LogP contribution in [-0.4, -0.2) is 38.9 Å². The van der Waals surface area contributed by atoms with Crippen LogP contribution >= 0.6 is 0 Å². The van der Waals surface area contributed by atoms with Crippen LogP contribution in [0.3, 0.4) is 0 Å². The molecule has 1 rings (SSSR count). The molecule has 0 unspecified atom stereocenters. The fourth-order valence-corrected chi connectivity index (χ4v) is 1.37. The second kappa shape index (κ2) is 8.25. The van der Waals surface area contributed by atoms with Crippen molar-refractivity contribution in [1.82, 2.24) is 5.32 Å². The highest BCUT2D eigenvalue weighted by Gasteiger charge is 2.04. The number of rotatable bonds is 8. The van der Waals surface area contributed by atoms with Gasteiger partial charge in [0, 0.05) is 25.2 Å². The van der Waals surface area contributed by atoms with Gasteiger partial charge in [0.2, 0.25) is 0 Å². The molecule has 1 aromatic rings. The van der Waals surface area contributed by atoms with E-state index in [1.807, 2.05) is 0 Å². The Hall–Kier alpha value is -1.88. The van der Waals surface area contributed by atoms with Crippen molar-refractivity contribution in [2.75, 3.05) is 26.2 Å². The molecular formula is C13H19N3O2. The Morgan fingerprint density at radius 1 is 1.39 bits per heavy atom. The van der Waals surface area contributed by atoms with E-state index in [9.17, 15) is 4.79 Å². The summed E-state index contributed by atoms with van der Waals surface area (Å²) in [5.41, 5.74) is 5.95. The monoisotopic (exact) mass is 249 g/mol. The summed E-state index contributed by atoms with van der Waals surface area (Å²) < 4.78 is 5.33. The Balaban J connectivity index is 2.41. The van der Waals surface area contributed by atoms with Crippen LogP contribution in [0, 0.1) is 0 Å². The molecule has 5 nitrogen and oxygen atoms in total. The minimum Gasteiger partial charge on any atom is -0.492 e. The summed E-state index contributed by atoms with van der Waals surface area (Å²) >= 11 is 0. The molecule has 18 heavy (non-hydrogen) atoms. The minimum absolute atomic E-state index is 0.0931. The van der Waals surface area contributed by atoms with E-state index < -0.39 is 0 Å². The summed E-state index contributed by atoms with van der Waals surface area (Å²) in [6.07, 6.45) is 0.799. The summed E-state index contributed by atoms with van der Waals surface area (Å²) in [7, 11) is 0. The maximum atomic E-state index is 11.7. The summed E-state index contributed by atoms with van der Waals surface area (Å²) in [6, 6.07) is 6.98. The third-order valence-corrected chi connectivity index (χ3v) is 2.28. The number of ether oxygens (including phenoxy) is 1. The molecule has 1 aromatic carbocycles. The average molecular weight is 249 g/mol. The highest BCUT2D eigenvalue weighted by molar-refractivity contribution is 5.94. The number of hydrogen-bond donors (Lipinski definition) is 2. The number of benzene rings is 1. The van der Waals surface area contributed by atoms with Crippen molar-refractivity contribution in [3.8, 4) is 5.75 Å². The van der Waals surface area contributed by atoms with Crippen molar-refractivity contribution >= 4 is 12.6 Å². The first kappa shape index (κ1) is 14.2. The molecule has 0 aliphatic rings. The van der Waals surface area contributed by atoms with Gasteiger partial charge in [-0.3, -0.25) is 4.79 Å². The third kappa shape index (κ3) is 4.97. The predicted molar refractivity (Wildman–Crippen MR) is 72.4 cm³/mol. The summed E-state index contributed by atoms with van der Waals surface area (Å²) in [5, 5.41) is 2.81. The van der Waals surface area contributed by atoms with Crippen molar-refractivity contribution < 1.29 is 9.53 Å². The van der Waals surface area contributed by atoms with Gasteiger partial charge >= 0.3 is 0 Å². The lowest BCUT2D eigenvalue weighted by atomic mass is 10.2. The predicted octanol–water partition coefficient (Wildman–Crippen LogP) is 0.845. The van der Waals surface area contributed by atoms with E-state index in [4.69, 9.17) is 10.5 Å². The van der Waals surface area contributed by atoms with Gasteiger partial charge < -0.3 is 20.8 Å². The van der Waals surface area contributed by atoms with Gasteiger partial charge in [0.15, 0.2) is 0 Å². The molecule has 98 valence electrons. The van der Waals surface area contributed by atoms with E-state index in [1.54, 1.807) is 24.3 Å². The van der Waals surface area contributed by atoms with Gasteiger partial charge in [0.25, 0.3) is 5.91 Å². The van der Waals surface area contributed by atoms with Gasteiger partial charge in [-0.05, 0) is 37.4 Å². The van der Waals surface area contributed by atoms with Crippen molar-refractivity contribution in [1.29, 1.82) is 0 Å². The Bertz CT molecular complexity index is 376. The first-order valence-electron chi connectivity index (χ1n) is 5.91. The van der Waals surface area contributed by atoms with Crippen LogP contribution in [0.25, 0.3) is 0 Å². The van der Waals surface area contributed by atoms with E-state index in [2.05, 4.69) is 17.0 Å². The van der Waals surface area contributed by atoms with E-state index in [-0.39, 0.29) is 5.91 Å². The highest BCUT2D eigenvalue weighted by Crippen LogP contribution is 2.11. The fourth-order valence-electron chi connectivity index (χ4n) is 1.37. The first-order chi connectivity index (χ1) is 8.77. The molecule has 0 spiro atoms. The zero-order chi connectivity index (χ0) is 13.2. The number of amides is 1. The van der Waals surface area contributed by atoms with Crippen LogP contribution in [-0.2, 0) is 0 Å². The summed E-state index contributed by atoms with van der Waals surface area (Å²) in [6.45, 7) is 5.59. The van der Waals surface area contributed by atoms with Crippen molar-refractivity contribution in [3.63, 3.8) is 0 Å². The molecular weight excluding hydrogens is 230 g/mol. The lowest BCUT2D eigenvalue weighted by molar-refractivity contribution is 0.0953. The molecule has 0 bridgehead atoms. The summed E-state index contributed by atoms with van der Waals surface area (Å²) in [4.78, 5) is 15.4. The third-order valence-electron chi connectivity index (χ3n) is 2.28. The number of hydrogen-bond acceptors (Lipinski definition) is 4. The lowest BCUT2D eigenvalue weighted by Crippen LogP contribution is -2.24. The molecule has 0 heterocycles. The van der Waals surface area contributed by atoms with Gasteiger partial charge in [-0.15, -0.1) is 0 Å². The van der Waals surface area contributed by atoms with Crippen molar-refractivity contribution in [2.45, 2.75) is 6.42 Å². The summed E-state index contributed by atoms with van der Waals surface area (Å²) in [5.74, 6) is 0.622. The Morgan fingerprint density at radius 2 is 2.11 bits per heavy atom. The van der Waals surface area contributed by atoms with Crippen molar-refractivity contribution in [3.05, 3.63) is 29.8 Å². The van der Waals surface area contributed by atoms with E-state index in [1.165, 1.54) is 0 Å². The van der Waals surface area contributed by atoms with Crippen LogP contribution in [0.1, 0.15) is 16.8 Å². The smallest absolute Gasteiger partial charge is 0.251 e. The number of nitrogens with two attached hydrogens (primary N) is 1. The van der Waals surface area contributed by atoms with Crippen LogP contribution in [0.15, 0.2) is 29.3 Å². The van der Waals surface area contributed by atoms with E-state index in [0.717, 1.165) is 6.42 Å². The number of aliphatic imine (C=N–C) groups is 1.